The van der Waals surface area contributed by atoms with Crippen LogP contribution in [-0.4, -0.2) is 48.4 Å². The average Bonchev–Trinajstić information content (AvgIpc) is 3.42. The maximum atomic E-state index is 13.3. The molecule has 1 heterocycles. The van der Waals surface area contributed by atoms with E-state index in [-0.39, 0.29) is 41.5 Å². The number of hydrogen-bond acceptors (Lipinski definition) is 6. The maximum Gasteiger partial charge on any atom is 0.257 e. The van der Waals surface area contributed by atoms with Crippen LogP contribution in [0.3, 0.4) is 0 Å². The molecule has 1 aliphatic heterocycles. The number of ether oxygens (including phenoxy) is 1. The molecule has 1 aromatic carbocycles. The molecule has 0 aliphatic carbocycles. The lowest BCUT2D eigenvalue weighted by Crippen LogP contribution is -2.32. The molecule has 29 heavy (non-hydrogen) atoms. The van der Waals surface area contributed by atoms with Crippen LogP contribution in [0.25, 0.3) is 0 Å². The van der Waals surface area contributed by atoms with Crippen LogP contribution in [-0.2, 0) is 13.9 Å². The van der Waals surface area contributed by atoms with Crippen molar-refractivity contribution in [1.82, 2.24) is 15.7 Å². The van der Waals surface area contributed by atoms with Gasteiger partial charge in [-0.2, -0.15) is 5.06 Å². The van der Waals surface area contributed by atoms with Crippen LogP contribution >= 0.6 is 23.6 Å². The highest BCUT2D eigenvalue weighted by atomic mass is 35.5. The largest absolute Gasteiger partial charge is 0.484 e. The van der Waals surface area contributed by atoms with E-state index >= 15 is 0 Å². The van der Waals surface area contributed by atoms with E-state index in [4.69, 9.17) is 20.6 Å². The van der Waals surface area contributed by atoms with Crippen molar-refractivity contribution in [1.29, 1.82) is 0 Å². The first-order valence-electron chi connectivity index (χ1n) is 9.14. The number of benzene rings is 1. The first-order chi connectivity index (χ1) is 13.8. The number of rotatable bonds is 12. The third-order valence-electron chi connectivity index (χ3n) is 4.04. The fourth-order valence-electron chi connectivity index (χ4n) is 2.33. The lowest BCUT2D eigenvalue weighted by Gasteiger charge is -2.10. The van der Waals surface area contributed by atoms with Gasteiger partial charge in [0.05, 0.1) is 11.1 Å². The molecule has 0 radical (unpaired) electrons. The molecule has 7 nitrogen and oxygen atoms in total. The molecule has 1 aliphatic rings. The van der Waals surface area contributed by atoms with Gasteiger partial charge in [-0.25, -0.2) is 8.67 Å². The minimum absolute atomic E-state index is 0.0166. The van der Waals surface area contributed by atoms with Crippen molar-refractivity contribution in [3.05, 3.63) is 41.3 Å². The molecule has 2 atom stereocenters. The number of halogens is 2. The molecule has 2 unspecified atom stereocenters. The van der Waals surface area contributed by atoms with Crippen molar-refractivity contribution >= 4 is 35.5 Å². The van der Waals surface area contributed by atoms with E-state index in [2.05, 4.69) is 31.1 Å². The van der Waals surface area contributed by atoms with Crippen LogP contribution in [0.1, 0.15) is 20.3 Å². The van der Waals surface area contributed by atoms with Gasteiger partial charge in [0.25, 0.3) is 5.91 Å². The van der Waals surface area contributed by atoms with Gasteiger partial charge in [-0.3, -0.25) is 9.59 Å². The van der Waals surface area contributed by atoms with Crippen molar-refractivity contribution in [2.24, 2.45) is 5.92 Å². The summed E-state index contributed by atoms with van der Waals surface area (Å²) in [5, 5.41) is 7.12. The highest BCUT2D eigenvalue weighted by Crippen LogP contribution is 2.28. The van der Waals surface area contributed by atoms with Gasteiger partial charge in [-0.15, -0.1) is 0 Å². The second kappa shape index (κ2) is 11.4. The van der Waals surface area contributed by atoms with Crippen LogP contribution in [0.5, 0.6) is 5.75 Å². The number of carbonyl (C=O) groups excluding carboxylic acids is 2. The average molecular weight is 446 g/mol. The number of hydrogen-bond donors (Lipinski definition) is 2. The first kappa shape index (κ1) is 23.5. The van der Waals surface area contributed by atoms with Gasteiger partial charge in [-0.1, -0.05) is 32.0 Å². The highest BCUT2D eigenvalue weighted by Gasteiger charge is 2.38. The Bertz CT molecular complexity index is 750. The summed E-state index contributed by atoms with van der Waals surface area (Å²) in [6, 6.07) is 4.36. The Balaban J connectivity index is 1.52. The van der Waals surface area contributed by atoms with Crippen LogP contribution in [0.15, 0.2) is 30.5 Å². The predicted molar refractivity (Wildman–Crippen MR) is 111 cm³/mol. The smallest absolute Gasteiger partial charge is 0.257 e. The van der Waals surface area contributed by atoms with Crippen molar-refractivity contribution < 1.29 is 23.0 Å². The molecular formula is C19H25ClFN3O4S. The third-order valence-corrected chi connectivity index (χ3v) is 5.02. The van der Waals surface area contributed by atoms with Gasteiger partial charge in [-0.05, 0) is 18.1 Å². The zero-order valence-electron chi connectivity index (χ0n) is 16.4. The van der Waals surface area contributed by atoms with Crippen LogP contribution in [0.4, 0.5) is 4.39 Å². The van der Waals surface area contributed by atoms with Gasteiger partial charge in [0.2, 0.25) is 5.91 Å². The quantitative estimate of drug-likeness (QED) is 0.380. The van der Waals surface area contributed by atoms with Gasteiger partial charge >= 0.3 is 0 Å². The van der Waals surface area contributed by atoms with E-state index in [0.29, 0.717) is 24.1 Å². The van der Waals surface area contributed by atoms with Crippen molar-refractivity contribution in [3.8, 4) is 5.75 Å². The monoisotopic (exact) mass is 445 g/mol. The molecule has 1 fully saturated rings. The Morgan fingerprint density at radius 1 is 1.41 bits per heavy atom. The molecule has 1 aromatic rings. The summed E-state index contributed by atoms with van der Waals surface area (Å²) in [5.41, 5.74) is 0.489. The molecule has 160 valence electrons. The molecule has 0 saturated carbocycles. The minimum Gasteiger partial charge on any atom is -0.484 e. The molecular weight excluding hydrogens is 421 g/mol. The van der Waals surface area contributed by atoms with E-state index < -0.39 is 5.82 Å². The molecule has 0 bridgehead atoms. The Kier molecular flexibility index (Phi) is 9.22. The van der Waals surface area contributed by atoms with Crippen molar-refractivity contribution in [3.63, 3.8) is 0 Å². The number of carbonyl (C=O) groups is 2. The highest BCUT2D eigenvalue weighted by molar-refractivity contribution is 7.95. The summed E-state index contributed by atoms with van der Waals surface area (Å²) in [4.78, 5) is 23.6. The Morgan fingerprint density at radius 2 is 2.17 bits per heavy atom. The summed E-state index contributed by atoms with van der Waals surface area (Å²) in [6.07, 6.45) is 0.375. The Morgan fingerprint density at radius 3 is 2.83 bits per heavy atom. The van der Waals surface area contributed by atoms with Crippen molar-refractivity contribution in [2.75, 3.05) is 25.4 Å². The Labute approximate surface area is 179 Å². The van der Waals surface area contributed by atoms with E-state index in [0.717, 1.165) is 24.7 Å². The second-order valence-electron chi connectivity index (χ2n) is 6.86. The fraction of sp³-hybridized carbons (Fsp3) is 0.474. The van der Waals surface area contributed by atoms with Crippen LogP contribution in [0.2, 0.25) is 5.02 Å². The first-order valence-corrected chi connectivity index (χ1v) is 10.4. The lowest BCUT2D eigenvalue weighted by molar-refractivity contribution is -0.123. The van der Waals surface area contributed by atoms with E-state index in [9.17, 15) is 14.0 Å². The molecule has 10 heteroatoms. The third kappa shape index (κ3) is 8.61. The molecule has 0 spiro atoms. The van der Waals surface area contributed by atoms with Crippen molar-refractivity contribution in [2.45, 2.75) is 26.3 Å². The van der Waals surface area contributed by atoms with Gasteiger partial charge in [0.1, 0.15) is 17.3 Å². The van der Waals surface area contributed by atoms with E-state index in [1.54, 1.807) is 0 Å². The number of nitrogens with zero attached hydrogens (tertiary/aromatic N) is 1. The second-order valence-corrected chi connectivity index (χ2v) is 7.94. The molecule has 2 rings (SSSR count). The molecule has 1 saturated heterocycles. The SMILES string of the molecule is C=C(CCNC(=O)COc1ccc(Cl)c(F)c1)NC(=O)CSON1CC1C(C)C. The molecule has 2 amide bonds. The summed E-state index contributed by atoms with van der Waals surface area (Å²) < 4.78 is 23.9. The molecule has 2 N–H and O–H groups in total. The zero-order valence-corrected chi connectivity index (χ0v) is 17.9. The van der Waals surface area contributed by atoms with Crippen LogP contribution < -0.4 is 15.4 Å². The maximum absolute atomic E-state index is 13.3. The van der Waals surface area contributed by atoms with E-state index in [1.165, 1.54) is 12.1 Å². The topological polar surface area (TPSA) is 79.7 Å². The standard InChI is InChI=1S/C19H25ClFN3O4S/c1-12(2)17-9-24(17)28-29-11-19(26)23-13(3)6-7-22-18(25)10-27-14-4-5-15(20)16(21)8-14/h4-5,8,12,17H,3,6-7,9-11H2,1-2H3,(H,22,25)(H,23,26). The number of amides is 2. The Hall–Kier alpha value is -1.81. The lowest BCUT2D eigenvalue weighted by atomic mass is 10.1. The minimum atomic E-state index is -0.616. The van der Waals surface area contributed by atoms with Gasteiger partial charge in [0.15, 0.2) is 6.61 Å². The normalized spacial score (nSPS) is 17.7. The van der Waals surface area contributed by atoms with E-state index in [1.807, 2.05) is 5.06 Å². The summed E-state index contributed by atoms with van der Waals surface area (Å²) in [6.45, 7) is 8.91. The number of hydroxylamine groups is 2. The molecule has 0 aromatic heterocycles. The predicted octanol–water partition coefficient (Wildman–Crippen LogP) is 2.91. The van der Waals surface area contributed by atoms with Crippen LogP contribution in [0, 0.1) is 11.7 Å². The summed E-state index contributed by atoms with van der Waals surface area (Å²) in [5.74, 6) is -0.325. The summed E-state index contributed by atoms with van der Waals surface area (Å²) in [7, 11) is 0. The number of nitrogens with one attached hydrogen (secondary N) is 2. The summed E-state index contributed by atoms with van der Waals surface area (Å²) >= 11 is 6.66. The fourth-order valence-corrected chi connectivity index (χ4v) is 2.99. The zero-order chi connectivity index (χ0) is 21.4. The van der Waals surface area contributed by atoms with Gasteiger partial charge < -0.3 is 15.4 Å². The van der Waals surface area contributed by atoms with Gasteiger partial charge in [0, 0.05) is 43.3 Å².